The lowest BCUT2D eigenvalue weighted by atomic mass is 10.2. The van der Waals surface area contributed by atoms with Crippen LogP contribution in [0.15, 0.2) is 0 Å². The van der Waals surface area contributed by atoms with E-state index in [-0.39, 0.29) is 13.1 Å². The maximum absolute atomic E-state index is 11.9. The van der Waals surface area contributed by atoms with Gasteiger partial charge >= 0.3 is 6.18 Å². The molecular weight excluding hydrogens is 261 g/mol. The van der Waals surface area contributed by atoms with Crippen molar-refractivity contribution in [3.8, 4) is 0 Å². The number of rotatable bonds is 4. The molecule has 0 aromatic rings. The predicted molar refractivity (Wildman–Crippen MR) is 55.4 cm³/mol. The minimum absolute atomic E-state index is 0.0555. The topological polar surface area (TPSA) is 87.5 Å². The van der Waals surface area contributed by atoms with Gasteiger partial charge in [-0.2, -0.15) is 30.6 Å². The van der Waals surface area contributed by atoms with Crippen molar-refractivity contribution < 1.29 is 21.6 Å². The first kappa shape index (κ1) is 14.6. The summed E-state index contributed by atoms with van der Waals surface area (Å²) in [5, 5.41) is 2.92. The molecule has 1 aliphatic heterocycles. The normalized spacial score (nSPS) is 23.9. The minimum atomic E-state index is -4.57. The van der Waals surface area contributed by atoms with Gasteiger partial charge in [0.1, 0.15) is 6.54 Å². The monoisotopic (exact) mass is 276 g/mol. The van der Waals surface area contributed by atoms with Crippen LogP contribution in [0.1, 0.15) is 0 Å². The third kappa shape index (κ3) is 4.39. The van der Waals surface area contributed by atoms with Crippen LogP contribution in [0.3, 0.4) is 0 Å². The van der Waals surface area contributed by atoms with E-state index >= 15 is 0 Å². The lowest BCUT2D eigenvalue weighted by Crippen LogP contribution is -2.59. The van der Waals surface area contributed by atoms with E-state index < -0.39 is 29.0 Å². The van der Waals surface area contributed by atoms with Crippen LogP contribution in [0.4, 0.5) is 13.2 Å². The van der Waals surface area contributed by atoms with E-state index in [4.69, 9.17) is 5.73 Å². The molecule has 0 aromatic heterocycles. The molecule has 4 N–H and O–H groups in total. The average Bonchev–Trinajstić information content (AvgIpc) is 2.26. The Kier molecular flexibility index (Phi) is 4.72. The van der Waals surface area contributed by atoms with Gasteiger partial charge in [-0.05, 0) is 0 Å². The van der Waals surface area contributed by atoms with Gasteiger partial charge < -0.3 is 11.1 Å². The van der Waals surface area contributed by atoms with Crippen LogP contribution in [0, 0.1) is 0 Å². The molecule has 1 atom stereocenters. The van der Waals surface area contributed by atoms with Crippen molar-refractivity contribution in [1.82, 2.24) is 14.3 Å². The second kappa shape index (κ2) is 5.48. The Morgan fingerprint density at radius 2 is 2.12 bits per heavy atom. The van der Waals surface area contributed by atoms with Crippen LogP contribution in [0.2, 0.25) is 0 Å². The Hall–Kier alpha value is -0.420. The average molecular weight is 276 g/mol. The molecule has 6 nitrogen and oxygen atoms in total. The number of nitrogens with zero attached hydrogens (tertiary/aromatic N) is 1. The molecule has 1 rings (SSSR count). The first-order chi connectivity index (χ1) is 7.76. The second-order valence-corrected chi connectivity index (χ2v) is 5.35. The quantitative estimate of drug-likeness (QED) is 0.590. The van der Waals surface area contributed by atoms with Crippen LogP contribution in [-0.4, -0.2) is 57.7 Å². The summed E-state index contributed by atoms with van der Waals surface area (Å²) >= 11 is 0. The van der Waals surface area contributed by atoms with Crippen LogP contribution >= 0.6 is 0 Å². The molecule has 0 saturated carbocycles. The molecule has 0 aliphatic carbocycles. The molecule has 1 fully saturated rings. The molecule has 1 aliphatic rings. The molecule has 1 unspecified atom stereocenters. The number of hydrogen-bond donors (Lipinski definition) is 3. The summed E-state index contributed by atoms with van der Waals surface area (Å²) in [7, 11) is -4.13. The van der Waals surface area contributed by atoms with E-state index in [1.54, 1.807) is 0 Å². The molecule has 0 amide bonds. The fourth-order valence-electron chi connectivity index (χ4n) is 1.52. The van der Waals surface area contributed by atoms with E-state index in [0.717, 1.165) is 4.31 Å². The highest BCUT2D eigenvalue weighted by Gasteiger charge is 2.35. The van der Waals surface area contributed by atoms with E-state index in [2.05, 4.69) is 5.32 Å². The molecule has 0 bridgehead atoms. The molecule has 1 heterocycles. The zero-order valence-corrected chi connectivity index (χ0v) is 9.81. The number of piperazine rings is 1. The fourth-order valence-corrected chi connectivity index (χ4v) is 2.91. The van der Waals surface area contributed by atoms with Gasteiger partial charge in [-0.3, -0.25) is 0 Å². The smallest absolute Gasteiger partial charge is 0.329 e. The van der Waals surface area contributed by atoms with E-state index in [9.17, 15) is 21.6 Å². The van der Waals surface area contributed by atoms with E-state index in [1.165, 1.54) is 4.72 Å². The highest BCUT2D eigenvalue weighted by molar-refractivity contribution is 7.87. The lowest BCUT2D eigenvalue weighted by molar-refractivity contribution is -0.121. The van der Waals surface area contributed by atoms with Crippen LogP contribution in [-0.2, 0) is 10.2 Å². The van der Waals surface area contributed by atoms with Crippen molar-refractivity contribution in [2.75, 3.05) is 32.7 Å². The Balaban J connectivity index is 2.68. The zero-order chi connectivity index (χ0) is 13.1. The first-order valence-corrected chi connectivity index (χ1v) is 6.44. The van der Waals surface area contributed by atoms with Crippen LogP contribution in [0.5, 0.6) is 0 Å². The highest BCUT2D eigenvalue weighted by Crippen LogP contribution is 2.14. The van der Waals surface area contributed by atoms with Gasteiger partial charge in [0.2, 0.25) is 0 Å². The van der Waals surface area contributed by atoms with Crippen molar-refractivity contribution in [3.05, 3.63) is 0 Å². The standard InChI is InChI=1S/C7H15F3N4O2S/c8-7(9,10)5-13-17(15,16)14-2-1-12-4-6(14)3-11/h6,12-13H,1-5,11H2. The van der Waals surface area contributed by atoms with Crippen molar-refractivity contribution >= 4 is 10.2 Å². The molecule has 0 spiro atoms. The molecule has 102 valence electrons. The number of halogens is 3. The van der Waals surface area contributed by atoms with Gasteiger partial charge in [0.05, 0.1) is 6.04 Å². The molecule has 0 aromatic carbocycles. The van der Waals surface area contributed by atoms with Crippen LogP contribution < -0.4 is 15.8 Å². The predicted octanol–water partition coefficient (Wildman–Crippen LogP) is -1.38. The zero-order valence-electron chi connectivity index (χ0n) is 9.00. The Morgan fingerprint density at radius 1 is 1.47 bits per heavy atom. The van der Waals surface area contributed by atoms with Crippen molar-refractivity contribution in [1.29, 1.82) is 0 Å². The van der Waals surface area contributed by atoms with Crippen LogP contribution in [0.25, 0.3) is 0 Å². The third-order valence-corrected chi connectivity index (χ3v) is 3.94. The molecule has 10 heteroatoms. The summed E-state index contributed by atoms with van der Waals surface area (Å²) in [5.74, 6) is 0. The van der Waals surface area contributed by atoms with Crippen molar-refractivity contribution in [3.63, 3.8) is 0 Å². The Bertz CT molecular complexity index is 346. The highest BCUT2D eigenvalue weighted by atomic mass is 32.2. The van der Waals surface area contributed by atoms with Crippen molar-refractivity contribution in [2.45, 2.75) is 12.2 Å². The number of nitrogens with one attached hydrogen (secondary N) is 2. The Morgan fingerprint density at radius 3 is 2.65 bits per heavy atom. The Labute approximate surface area is 97.5 Å². The summed E-state index contributed by atoms with van der Waals surface area (Å²) in [5.41, 5.74) is 5.38. The molecule has 1 saturated heterocycles. The minimum Gasteiger partial charge on any atom is -0.329 e. The maximum Gasteiger partial charge on any atom is 0.402 e. The van der Waals surface area contributed by atoms with Gasteiger partial charge in [0, 0.05) is 26.2 Å². The summed E-state index contributed by atoms with van der Waals surface area (Å²) in [4.78, 5) is 0. The third-order valence-electron chi connectivity index (χ3n) is 2.33. The van der Waals surface area contributed by atoms with Gasteiger partial charge in [-0.15, -0.1) is 0 Å². The largest absolute Gasteiger partial charge is 0.402 e. The summed E-state index contributed by atoms with van der Waals surface area (Å²) in [6.07, 6.45) is -4.57. The summed E-state index contributed by atoms with van der Waals surface area (Å²) < 4.78 is 61.6. The second-order valence-electron chi connectivity index (χ2n) is 3.65. The van der Waals surface area contributed by atoms with E-state index in [1.807, 2.05) is 0 Å². The number of alkyl halides is 3. The van der Waals surface area contributed by atoms with Gasteiger partial charge in [-0.1, -0.05) is 0 Å². The van der Waals surface area contributed by atoms with Gasteiger partial charge in [0.15, 0.2) is 0 Å². The fraction of sp³-hybridized carbons (Fsp3) is 1.00. The number of hydrogen-bond acceptors (Lipinski definition) is 4. The molecule has 0 radical (unpaired) electrons. The first-order valence-electron chi connectivity index (χ1n) is 5.00. The van der Waals surface area contributed by atoms with Gasteiger partial charge in [0.25, 0.3) is 10.2 Å². The van der Waals surface area contributed by atoms with Crippen molar-refractivity contribution in [2.24, 2.45) is 5.73 Å². The van der Waals surface area contributed by atoms with Gasteiger partial charge in [-0.25, -0.2) is 0 Å². The SMILES string of the molecule is NCC1CNCCN1S(=O)(=O)NCC(F)(F)F. The molecule has 17 heavy (non-hydrogen) atoms. The van der Waals surface area contributed by atoms with E-state index in [0.29, 0.717) is 13.1 Å². The molecular formula is C7H15F3N4O2S. The summed E-state index contributed by atoms with van der Waals surface area (Å²) in [6.45, 7) is -0.682. The summed E-state index contributed by atoms with van der Waals surface area (Å²) in [6, 6.07) is -0.519. The maximum atomic E-state index is 11.9. The lowest BCUT2D eigenvalue weighted by Gasteiger charge is -2.34. The number of nitrogens with two attached hydrogens (primary N) is 1.